The van der Waals surface area contributed by atoms with E-state index in [9.17, 15) is 4.79 Å². The Morgan fingerprint density at radius 2 is 2.31 bits per heavy atom. The summed E-state index contributed by atoms with van der Waals surface area (Å²) in [7, 11) is 0. The predicted octanol–water partition coefficient (Wildman–Crippen LogP) is 2.28. The van der Waals surface area contributed by atoms with E-state index in [1.54, 1.807) is 24.5 Å². The molecular weight excluding hydrogens is 206 g/mol. The molecule has 2 rings (SSSR count). The molecule has 1 aromatic carbocycles. The highest BCUT2D eigenvalue weighted by atomic mass is 16.4. The van der Waals surface area contributed by atoms with Crippen LogP contribution in [-0.2, 0) is 11.2 Å². The maximum absolute atomic E-state index is 10.6. The number of carbonyl (C=O) groups is 1. The van der Waals surface area contributed by atoms with Gasteiger partial charge in [0.25, 0.3) is 0 Å². The molecular formula is C12H11NO3. The van der Waals surface area contributed by atoms with Gasteiger partial charge in [0.05, 0.1) is 12.1 Å². The summed E-state index contributed by atoms with van der Waals surface area (Å²) in [5.41, 5.74) is 2.34. The zero-order valence-corrected chi connectivity index (χ0v) is 8.80. The Bertz CT molecular complexity index is 516. The number of hydrogen-bond acceptors (Lipinski definition) is 3. The minimum absolute atomic E-state index is 0.00747. The molecule has 0 atom stereocenters. The van der Waals surface area contributed by atoms with Crippen LogP contribution in [0.15, 0.2) is 34.9 Å². The molecule has 0 fully saturated rings. The van der Waals surface area contributed by atoms with Crippen LogP contribution in [0, 0.1) is 6.92 Å². The largest absolute Gasteiger partial charge is 0.481 e. The number of rotatable bonds is 3. The van der Waals surface area contributed by atoms with Gasteiger partial charge in [0, 0.05) is 5.56 Å². The monoisotopic (exact) mass is 217 g/mol. The third-order valence-corrected chi connectivity index (χ3v) is 2.15. The van der Waals surface area contributed by atoms with Crippen LogP contribution < -0.4 is 0 Å². The van der Waals surface area contributed by atoms with E-state index in [0.717, 1.165) is 16.8 Å². The topological polar surface area (TPSA) is 63.3 Å². The van der Waals surface area contributed by atoms with Crippen molar-refractivity contribution in [3.05, 3.63) is 41.8 Å². The van der Waals surface area contributed by atoms with Gasteiger partial charge >= 0.3 is 5.97 Å². The van der Waals surface area contributed by atoms with Crippen molar-refractivity contribution in [2.45, 2.75) is 13.3 Å². The van der Waals surface area contributed by atoms with Crippen molar-refractivity contribution in [2.24, 2.45) is 0 Å². The molecule has 0 saturated carbocycles. The highest BCUT2D eigenvalue weighted by molar-refractivity contribution is 5.71. The first-order valence-corrected chi connectivity index (χ1v) is 4.88. The number of aromatic nitrogens is 1. The van der Waals surface area contributed by atoms with Gasteiger partial charge < -0.3 is 9.52 Å². The molecule has 0 unspecified atom stereocenters. The molecule has 0 aliphatic heterocycles. The third-order valence-electron chi connectivity index (χ3n) is 2.15. The second-order valence-corrected chi connectivity index (χ2v) is 3.56. The first kappa shape index (κ1) is 10.4. The average Bonchev–Trinajstić information content (AvgIpc) is 2.64. The lowest BCUT2D eigenvalue weighted by Crippen LogP contribution is -1.99. The van der Waals surface area contributed by atoms with Gasteiger partial charge in [-0.15, -0.1) is 0 Å². The Hall–Kier alpha value is -2.10. The van der Waals surface area contributed by atoms with Crippen LogP contribution >= 0.6 is 0 Å². The second-order valence-electron chi connectivity index (χ2n) is 3.56. The highest BCUT2D eigenvalue weighted by Gasteiger charge is 2.06. The number of oxazole rings is 1. The minimum Gasteiger partial charge on any atom is -0.481 e. The summed E-state index contributed by atoms with van der Waals surface area (Å²) in [5, 5.41) is 8.69. The molecule has 0 aliphatic rings. The molecule has 4 heteroatoms. The molecule has 4 nitrogen and oxygen atoms in total. The number of carboxylic acids is 1. The predicted molar refractivity (Wildman–Crippen MR) is 58.0 cm³/mol. The van der Waals surface area contributed by atoms with Crippen LogP contribution in [0.2, 0.25) is 0 Å². The summed E-state index contributed by atoms with van der Waals surface area (Å²) < 4.78 is 5.25. The summed E-state index contributed by atoms with van der Waals surface area (Å²) in [5.74, 6) is -0.328. The standard InChI is InChI=1S/C12H11NO3/c1-8-7-16-12(13-8)10-4-2-3-9(5-10)6-11(14)15/h2-5,7H,6H2,1H3,(H,14,15). The van der Waals surface area contributed by atoms with Crippen molar-refractivity contribution >= 4 is 5.97 Å². The first-order valence-electron chi connectivity index (χ1n) is 4.88. The van der Waals surface area contributed by atoms with Crippen LogP contribution in [0.1, 0.15) is 11.3 Å². The van der Waals surface area contributed by atoms with Gasteiger partial charge in [-0.3, -0.25) is 4.79 Å². The number of hydrogen-bond donors (Lipinski definition) is 1. The molecule has 0 aliphatic carbocycles. The molecule has 0 bridgehead atoms. The molecule has 0 saturated heterocycles. The fourth-order valence-corrected chi connectivity index (χ4v) is 1.48. The Morgan fingerprint density at radius 3 is 2.94 bits per heavy atom. The quantitative estimate of drug-likeness (QED) is 0.856. The van der Waals surface area contributed by atoms with Crippen molar-refractivity contribution < 1.29 is 14.3 Å². The number of aliphatic carboxylic acids is 1. The van der Waals surface area contributed by atoms with E-state index in [1.807, 2.05) is 13.0 Å². The van der Waals surface area contributed by atoms with Gasteiger partial charge in [0.1, 0.15) is 6.26 Å². The lowest BCUT2D eigenvalue weighted by atomic mass is 10.1. The zero-order chi connectivity index (χ0) is 11.5. The van der Waals surface area contributed by atoms with Crippen LogP contribution in [0.5, 0.6) is 0 Å². The van der Waals surface area contributed by atoms with E-state index >= 15 is 0 Å². The van der Waals surface area contributed by atoms with Crippen molar-refractivity contribution in [1.29, 1.82) is 0 Å². The summed E-state index contributed by atoms with van der Waals surface area (Å²) >= 11 is 0. The smallest absolute Gasteiger partial charge is 0.307 e. The third kappa shape index (κ3) is 2.28. The lowest BCUT2D eigenvalue weighted by molar-refractivity contribution is -0.136. The van der Waals surface area contributed by atoms with Crippen LogP contribution in [0.4, 0.5) is 0 Å². The average molecular weight is 217 g/mol. The summed E-state index contributed by atoms with van der Waals surface area (Å²) in [6.07, 6.45) is 1.58. The van der Waals surface area contributed by atoms with Gasteiger partial charge in [0.2, 0.25) is 5.89 Å². The Balaban J connectivity index is 2.32. The molecule has 0 spiro atoms. The first-order chi connectivity index (χ1) is 7.65. The van der Waals surface area contributed by atoms with E-state index in [1.165, 1.54) is 0 Å². The lowest BCUT2D eigenvalue weighted by Gasteiger charge is -1.99. The SMILES string of the molecule is Cc1coc(-c2cccc(CC(=O)O)c2)n1. The molecule has 82 valence electrons. The van der Waals surface area contributed by atoms with E-state index in [4.69, 9.17) is 9.52 Å². The van der Waals surface area contributed by atoms with Crippen molar-refractivity contribution in [2.75, 3.05) is 0 Å². The van der Waals surface area contributed by atoms with Crippen LogP contribution in [0.3, 0.4) is 0 Å². The molecule has 1 N–H and O–H groups in total. The maximum atomic E-state index is 10.6. The van der Waals surface area contributed by atoms with Gasteiger partial charge in [-0.25, -0.2) is 4.98 Å². The number of aryl methyl sites for hydroxylation is 1. The van der Waals surface area contributed by atoms with E-state index in [0.29, 0.717) is 5.89 Å². The van der Waals surface area contributed by atoms with Crippen molar-refractivity contribution in [3.8, 4) is 11.5 Å². The fraction of sp³-hybridized carbons (Fsp3) is 0.167. The molecule has 1 heterocycles. The van der Waals surface area contributed by atoms with Gasteiger partial charge in [-0.2, -0.15) is 0 Å². The van der Waals surface area contributed by atoms with E-state index in [-0.39, 0.29) is 6.42 Å². The molecule has 2 aromatic rings. The zero-order valence-electron chi connectivity index (χ0n) is 8.80. The van der Waals surface area contributed by atoms with Crippen molar-refractivity contribution in [1.82, 2.24) is 4.98 Å². The molecule has 0 radical (unpaired) electrons. The number of carboxylic acid groups (broad SMARTS) is 1. The van der Waals surface area contributed by atoms with Gasteiger partial charge in [-0.05, 0) is 24.6 Å². The Labute approximate surface area is 92.6 Å². The van der Waals surface area contributed by atoms with Gasteiger partial charge in [0.15, 0.2) is 0 Å². The number of benzene rings is 1. The van der Waals surface area contributed by atoms with Crippen LogP contribution in [-0.4, -0.2) is 16.1 Å². The summed E-state index contributed by atoms with van der Waals surface area (Å²) in [4.78, 5) is 14.8. The van der Waals surface area contributed by atoms with Crippen molar-refractivity contribution in [3.63, 3.8) is 0 Å². The Morgan fingerprint density at radius 1 is 1.50 bits per heavy atom. The minimum atomic E-state index is -0.847. The molecule has 16 heavy (non-hydrogen) atoms. The highest BCUT2D eigenvalue weighted by Crippen LogP contribution is 2.19. The number of nitrogens with zero attached hydrogens (tertiary/aromatic N) is 1. The fourth-order valence-electron chi connectivity index (χ4n) is 1.48. The molecule has 1 aromatic heterocycles. The Kier molecular flexibility index (Phi) is 2.72. The molecule has 0 amide bonds. The van der Waals surface area contributed by atoms with Crippen LogP contribution in [0.25, 0.3) is 11.5 Å². The van der Waals surface area contributed by atoms with E-state index < -0.39 is 5.97 Å². The second kappa shape index (κ2) is 4.18. The summed E-state index contributed by atoms with van der Waals surface area (Å²) in [6, 6.07) is 7.19. The summed E-state index contributed by atoms with van der Waals surface area (Å²) in [6.45, 7) is 1.84. The van der Waals surface area contributed by atoms with E-state index in [2.05, 4.69) is 4.98 Å². The normalized spacial score (nSPS) is 10.3. The maximum Gasteiger partial charge on any atom is 0.307 e. The van der Waals surface area contributed by atoms with Gasteiger partial charge in [-0.1, -0.05) is 12.1 Å².